The van der Waals surface area contributed by atoms with Gasteiger partial charge >= 0.3 is 5.97 Å². The van der Waals surface area contributed by atoms with Crippen molar-refractivity contribution >= 4 is 39.3 Å². The van der Waals surface area contributed by atoms with Gasteiger partial charge < -0.3 is 10.4 Å². The molecule has 0 aliphatic rings. The summed E-state index contributed by atoms with van der Waals surface area (Å²) in [7, 11) is 0. The van der Waals surface area contributed by atoms with Gasteiger partial charge in [0, 0.05) is 15.4 Å². The van der Waals surface area contributed by atoms with E-state index in [2.05, 4.69) is 21.2 Å². The van der Waals surface area contributed by atoms with Gasteiger partial charge in [-0.2, -0.15) is 0 Å². The van der Waals surface area contributed by atoms with Crippen molar-refractivity contribution in [3.8, 4) is 0 Å². The second-order valence-corrected chi connectivity index (χ2v) is 6.37. The largest absolute Gasteiger partial charge is 0.478 e. The van der Waals surface area contributed by atoms with Crippen molar-refractivity contribution in [1.82, 2.24) is 0 Å². The number of carboxylic acid groups (broad SMARTS) is 1. The number of carboxylic acids is 1. The Kier molecular flexibility index (Phi) is 5.31. The van der Waals surface area contributed by atoms with Crippen LogP contribution in [-0.2, 0) is 0 Å². The lowest BCUT2D eigenvalue weighted by Crippen LogP contribution is -2.11. The van der Waals surface area contributed by atoms with E-state index < -0.39 is 5.97 Å². The van der Waals surface area contributed by atoms with Crippen LogP contribution in [0.1, 0.15) is 28.9 Å². The summed E-state index contributed by atoms with van der Waals surface area (Å²) in [5.74, 6) is -0.912. The van der Waals surface area contributed by atoms with Crippen LogP contribution >= 0.6 is 27.7 Å². The molecule has 1 atom stereocenters. The van der Waals surface area contributed by atoms with E-state index in [0.717, 1.165) is 14.9 Å². The number of hydrogen-bond acceptors (Lipinski definition) is 3. The fourth-order valence-electron chi connectivity index (χ4n) is 2.11. The molecule has 1 unspecified atom stereocenters. The molecule has 0 saturated carbocycles. The van der Waals surface area contributed by atoms with Crippen LogP contribution < -0.4 is 5.32 Å². The van der Waals surface area contributed by atoms with Crippen molar-refractivity contribution in [3.63, 3.8) is 0 Å². The molecule has 3 nitrogen and oxygen atoms in total. The average molecular weight is 366 g/mol. The molecule has 0 spiro atoms. The van der Waals surface area contributed by atoms with Crippen LogP contribution in [0.2, 0.25) is 0 Å². The van der Waals surface area contributed by atoms with Crippen LogP contribution in [0.15, 0.2) is 51.8 Å². The molecule has 0 radical (unpaired) electrons. The quantitative estimate of drug-likeness (QED) is 0.728. The molecular weight excluding hydrogens is 350 g/mol. The fourth-order valence-corrected chi connectivity index (χ4v) is 2.99. The van der Waals surface area contributed by atoms with E-state index in [1.807, 2.05) is 49.6 Å². The number of thioether (sulfide) groups is 1. The summed E-state index contributed by atoms with van der Waals surface area (Å²) >= 11 is 4.85. The monoisotopic (exact) mass is 365 g/mol. The molecule has 5 heteroatoms. The SMILES string of the molecule is CSc1cccc(NC(C)c2ccc(Br)cc2)c1C(=O)O. The smallest absolute Gasteiger partial charge is 0.338 e. The molecule has 21 heavy (non-hydrogen) atoms. The van der Waals surface area contributed by atoms with E-state index in [9.17, 15) is 9.90 Å². The van der Waals surface area contributed by atoms with E-state index >= 15 is 0 Å². The number of nitrogens with one attached hydrogen (secondary N) is 1. The van der Waals surface area contributed by atoms with Crippen molar-refractivity contribution in [3.05, 3.63) is 58.1 Å². The van der Waals surface area contributed by atoms with Gasteiger partial charge in [-0.05, 0) is 43.0 Å². The zero-order chi connectivity index (χ0) is 15.4. The van der Waals surface area contributed by atoms with Crippen LogP contribution in [0, 0.1) is 0 Å². The first-order valence-electron chi connectivity index (χ1n) is 6.45. The first kappa shape index (κ1) is 15.9. The highest BCUT2D eigenvalue weighted by molar-refractivity contribution is 9.10. The van der Waals surface area contributed by atoms with Crippen molar-refractivity contribution in [1.29, 1.82) is 0 Å². The van der Waals surface area contributed by atoms with Gasteiger partial charge in [-0.1, -0.05) is 34.1 Å². The maximum atomic E-state index is 11.5. The summed E-state index contributed by atoms with van der Waals surface area (Å²) in [6.07, 6.45) is 1.88. The molecule has 0 aromatic heterocycles. The Bertz CT molecular complexity index is 643. The predicted octanol–water partition coefficient (Wildman–Crippen LogP) is 5.04. The van der Waals surface area contributed by atoms with Gasteiger partial charge in [-0.25, -0.2) is 4.79 Å². The molecule has 0 aliphatic carbocycles. The number of halogens is 1. The Morgan fingerprint density at radius 2 is 1.90 bits per heavy atom. The average Bonchev–Trinajstić information content (AvgIpc) is 2.47. The van der Waals surface area contributed by atoms with Gasteiger partial charge in [0.1, 0.15) is 0 Å². The molecule has 0 fully saturated rings. The van der Waals surface area contributed by atoms with Crippen LogP contribution in [0.4, 0.5) is 5.69 Å². The minimum absolute atomic E-state index is 0.0216. The van der Waals surface area contributed by atoms with Gasteiger partial charge in [-0.15, -0.1) is 11.8 Å². The summed E-state index contributed by atoms with van der Waals surface area (Å²) in [4.78, 5) is 12.3. The Morgan fingerprint density at radius 1 is 1.24 bits per heavy atom. The van der Waals surface area contributed by atoms with Gasteiger partial charge in [-0.3, -0.25) is 0 Å². The molecule has 0 amide bonds. The normalized spacial score (nSPS) is 12.0. The number of aromatic carboxylic acids is 1. The third-order valence-electron chi connectivity index (χ3n) is 3.20. The highest BCUT2D eigenvalue weighted by Crippen LogP contribution is 2.30. The molecule has 0 bridgehead atoms. The summed E-state index contributed by atoms with van der Waals surface area (Å²) < 4.78 is 1.02. The zero-order valence-electron chi connectivity index (χ0n) is 11.8. The topological polar surface area (TPSA) is 49.3 Å². The van der Waals surface area contributed by atoms with Crippen LogP contribution in [0.25, 0.3) is 0 Å². The first-order valence-corrected chi connectivity index (χ1v) is 8.47. The van der Waals surface area contributed by atoms with E-state index in [1.54, 1.807) is 6.07 Å². The first-order chi connectivity index (χ1) is 10.0. The molecule has 2 rings (SSSR count). The maximum Gasteiger partial charge on any atom is 0.338 e. The molecule has 0 saturated heterocycles. The zero-order valence-corrected chi connectivity index (χ0v) is 14.2. The van der Waals surface area contributed by atoms with Gasteiger partial charge in [0.25, 0.3) is 0 Å². The van der Waals surface area contributed by atoms with E-state index in [0.29, 0.717) is 11.3 Å². The molecule has 2 aromatic rings. The van der Waals surface area contributed by atoms with Gasteiger partial charge in [0.2, 0.25) is 0 Å². The van der Waals surface area contributed by atoms with Crippen molar-refractivity contribution in [2.24, 2.45) is 0 Å². The lowest BCUT2D eigenvalue weighted by molar-refractivity contribution is 0.0694. The standard InChI is InChI=1S/C16H16BrNO2S/c1-10(11-6-8-12(17)9-7-11)18-13-4-3-5-14(21-2)15(13)16(19)20/h3-10,18H,1-2H3,(H,19,20). The van der Waals surface area contributed by atoms with Crippen LogP contribution in [-0.4, -0.2) is 17.3 Å². The predicted molar refractivity (Wildman–Crippen MR) is 91.4 cm³/mol. The Labute approximate surface area is 136 Å². The highest BCUT2D eigenvalue weighted by atomic mass is 79.9. The number of carbonyl (C=O) groups is 1. The van der Waals surface area contributed by atoms with Crippen molar-refractivity contribution in [2.45, 2.75) is 17.9 Å². The molecule has 110 valence electrons. The van der Waals surface area contributed by atoms with E-state index in [4.69, 9.17) is 0 Å². The van der Waals surface area contributed by atoms with E-state index in [1.165, 1.54) is 11.8 Å². The van der Waals surface area contributed by atoms with Gasteiger partial charge in [0.05, 0.1) is 11.3 Å². The minimum atomic E-state index is -0.912. The maximum absolute atomic E-state index is 11.5. The number of hydrogen-bond donors (Lipinski definition) is 2. The number of anilines is 1. The summed E-state index contributed by atoms with van der Waals surface area (Å²) in [6, 6.07) is 13.5. The third-order valence-corrected chi connectivity index (χ3v) is 4.51. The summed E-state index contributed by atoms with van der Waals surface area (Å²) in [5, 5.41) is 12.7. The lowest BCUT2D eigenvalue weighted by Gasteiger charge is -2.18. The minimum Gasteiger partial charge on any atom is -0.478 e. The summed E-state index contributed by atoms with van der Waals surface area (Å²) in [5.41, 5.74) is 2.07. The number of rotatable bonds is 5. The lowest BCUT2D eigenvalue weighted by atomic mass is 10.1. The number of benzene rings is 2. The van der Waals surface area contributed by atoms with Crippen LogP contribution in [0.5, 0.6) is 0 Å². The Balaban J connectivity index is 2.30. The molecule has 0 aliphatic heterocycles. The second kappa shape index (κ2) is 7.00. The van der Waals surface area contributed by atoms with E-state index in [-0.39, 0.29) is 6.04 Å². The Hall–Kier alpha value is -1.46. The van der Waals surface area contributed by atoms with Crippen molar-refractivity contribution in [2.75, 3.05) is 11.6 Å². The molecule has 2 N–H and O–H groups in total. The third kappa shape index (κ3) is 3.80. The van der Waals surface area contributed by atoms with Crippen LogP contribution in [0.3, 0.4) is 0 Å². The highest BCUT2D eigenvalue weighted by Gasteiger charge is 2.16. The fraction of sp³-hybridized carbons (Fsp3) is 0.188. The van der Waals surface area contributed by atoms with Gasteiger partial charge in [0.15, 0.2) is 0 Å². The summed E-state index contributed by atoms with van der Waals surface area (Å²) in [6.45, 7) is 2.01. The Morgan fingerprint density at radius 3 is 2.48 bits per heavy atom. The molecule has 0 heterocycles. The molecule has 2 aromatic carbocycles. The second-order valence-electron chi connectivity index (χ2n) is 4.61. The molecular formula is C16H16BrNO2S. The van der Waals surface area contributed by atoms with Crippen molar-refractivity contribution < 1.29 is 9.90 Å².